The van der Waals surface area contributed by atoms with Crippen LogP contribution < -0.4 is 11.1 Å². The minimum Gasteiger partial charge on any atom is -0.399 e. The number of benzene rings is 2. The van der Waals surface area contributed by atoms with Gasteiger partial charge in [-0.25, -0.2) is 0 Å². The van der Waals surface area contributed by atoms with E-state index < -0.39 is 6.04 Å². The van der Waals surface area contributed by atoms with Gasteiger partial charge in [0, 0.05) is 32.6 Å². The Kier molecular flexibility index (Phi) is 6.57. The predicted octanol–water partition coefficient (Wildman–Crippen LogP) is 2.02. The topological polar surface area (TPSA) is 75.4 Å². The van der Waals surface area contributed by atoms with Crippen LogP contribution in [-0.4, -0.2) is 36.9 Å². The highest BCUT2D eigenvalue weighted by molar-refractivity contribution is 5.87. The van der Waals surface area contributed by atoms with Gasteiger partial charge in [-0.15, -0.1) is 0 Å². The van der Waals surface area contributed by atoms with E-state index in [1.165, 1.54) is 4.90 Å². The number of likely N-dealkylation sites (N-methyl/N-ethyl adjacent to an activating group) is 1. The second kappa shape index (κ2) is 8.87. The minimum absolute atomic E-state index is 0.114. The zero-order valence-corrected chi connectivity index (χ0v) is 14.7. The molecule has 0 aliphatic carbocycles. The second-order valence-electron chi connectivity index (χ2n) is 6.24. The van der Waals surface area contributed by atoms with Gasteiger partial charge in [0.05, 0.1) is 0 Å². The quantitative estimate of drug-likeness (QED) is 0.758. The van der Waals surface area contributed by atoms with Crippen LogP contribution in [0.5, 0.6) is 0 Å². The standard InChI is InChI=1S/C20H25N3O2/c1-23(2)20(25)18(14-15-8-4-3-5-9-15)22-19(24)13-12-16-10-6-7-11-17(16)21/h3-11,18H,12-14,21H2,1-2H3,(H,22,24). The van der Waals surface area contributed by atoms with Gasteiger partial charge >= 0.3 is 0 Å². The van der Waals surface area contributed by atoms with Crippen LogP contribution in [0, 0.1) is 0 Å². The average Bonchev–Trinajstić information content (AvgIpc) is 2.60. The number of aryl methyl sites for hydroxylation is 1. The molecule has 5 heteroatoms. The van der Waals surface area contributed by atoms with Crippen LogP contribution in [0.1, 0.15) is 17.5 Å². The summed E-state index contributed by atoms with van der Waals surface area (Å²) in [6.07, 6.45) is 1.31. The van der Waals surface area contributed by atoms with E-state index in [2.05, 4.69) is 5.32 Å². The number of carbonyl (C=O) groups is 2. The number of amides is 2. The van der Waals surface area contributed by atoms with E-state index in [1.54, 1.807) is 14.1 Å². The van der Waals surface area contributed by atoms with Gasteiger partial charge < -0.3 is 16.0 Å². The van der Waals surface area contributed by atoms with Crippen molar-refractivity contribution in [2.45, 2.75) is 25.3 Å². The van der Waals surface area contributed by atoms with Crippen LogP contribution in [0.2, 0.25) is 0 Å². The summed E-state index contributed by atoms with van der Waals surface area (Å²) in [5.41, 5.74) is 8.54. The molecule has 0 aliphatic rings. The second-order valence-corrected chi connectivity index (χ2v) is 6.24. The minimum atomic E-state index is -0.571. The smallest absolute Gasteiger partial charge is 0.244 e. The molecule has 1 unspecified atom stereocenters. The van der Waals surface area contributed by atoms with Crippen LogP contribution >= 0.6 is 0 Å². The van der Waals surface area contributed by atoms with Crippen molar-refractivity contribution >= 4 is 17.5 Å². The molecule has 3 N–H and O–H groups in total. The SMILES string of the molecule is CN(C)C(=O)C(Cc1ccccc1)NC(=O)CCc1ccccc1N. The normalized spacial score (nSPS) is 11.6. The van der Waals surface area contributed by atoms with Crippen LogP contribution in [0.15, 0.2) is 54.6 Å². The maximum absolute atomic E-state index is 12.4. The first-order valence-corrected chi connectivity index (χ1v) is 8.35. The number of hydrogen-bond donors (Lipinski definition) is 2. The van der Waals surface area contributed by atoms with E-state index in [0.717, 1.165) is 11.1 Å². The first kappa shape index (κ1) is 18.5. The van der Waals surface area contributed by atoms with Gasteiger partial charge in [-0.05, 0) is 23.6 Å². The highest BCUT2D eigenvalue weighted by Crippen LogP contribution is 2.13. The Morgan fingerprint density at radius 3 is 2.32 bits per heavy atom. The lowest BCUT2D eigenvalue weighted by molar-refractivity contribution is -0.134. The Morgan fingerprint density at radius 2 is 1.68 bits per heavy atom. The van der Waals surface area contributed by atoms with Crippen molar-refractivity contribution in [2.75, 3.05) is 19.8 Å². The van der Waals surface area contributed by atoms with Crippen molar-refractivity contribution in [3.05, 3.63) is 65.7 Å². The first-order chi connectivity index (χ1) is 12.0. The number of carbonyl (C=O) groups excluding carboxylic acids is 2. The van der Waals surface area contributed by atoms with Gasteiger partial charge in [-0.1, -0.05) is 48.5 Å². The third-order valence-corrected chi connectivity index (χ3v) is 4.03. The molecule has 2 aromatic carbocycles. The fourth-order valence-corrected chi connectivity index (χ4v) is 2.64. The highest BCUT2D eigenvalue weighted by atomic mass is 16.2. The van der Waals surface area contributed by atoms with Crippen LogP contribution in [0.4, 0.5) is 5.69 Å². The van der Waals surface area contributed by atoms with Gasteiger partial charge in [0.25, 0.3) is 0 Å². The molecule has 2 rings (SSSR count). The summed E-state index contributed by atoms with van der Waals surface area (Å²) in [5.74, 6) is -0.268. The monoisotopic (exact) mass is 339 g/mol. The molecule has 0 radical (unpaired) electrons. The molecule has 0 saturated heterocycles. The molecule has 0 saturated carbocycles. The number of nitrogens with two attached hydrogens (primary N) is 1. The van der Waals surface area contributed by atoms with E-state index >= 15 is 0 Å². The number of anilines is 1. The largest absolute Gasteiger partial charge is 0.399 e. The Labute approximate surface area is 148 Å². The van der Waals surface area contributed by atoms with E-state index in [9.17, 15) is 9.59 Å². The molecule has 0 heterocycles. The van der Waals surface area contributed by atoms with Gasteiger partial charge in [0.1, 0.15) is 6.04 Å². The molecule has 132 valence electrons. The lowest BCUT2D eigenvalue weighted by Gasteiger charge is -2.22. The molecule has 0 aromatic heterocycles. The number of nitrogens with zero attached hydrogens (tertiary/aromatic N) is 1. The van der Waals surface area contributed by atoms with Crippen molar-refractivity contribution in [1.29, 1.82) is 0 Å². The van der Waals surface area contributed by atoms with Crippen LogP contribution in [0.3, 0.4) is 0 Å². The van der Waals surface area contributed by atoms with E-state index in [0.29, 0.717) is 24.9 Å². The summed E-state index contributed by atoms with van der Waals surface area (Å²) in [7, 11) is 3.38. The fraction of sp³-hybridized carbons (Fsp3) is 0.300. The Morgan fingerprint density at radius 1 is 1.04 bits per heavy atom. The molecule has 25 heavy (non-hydrogen) atoms. The third kappa shape index (κ3) is 5.64. The summed E-state index contributed by atoms with van der Waals surface area (Å²) in [6, 6.07) is 16.6. The molecule has 5 nitrogen and oxygen atoms in total. The molecule has 0 spiro atoms. The van der Waals surface area contributed by atoms with Gasteiger partial charge in [0.2, 0.25) is 11.8 Å². The summed E-state index contributed by atoms with van der Waals surface area (Å²) in [4.78, 5) is 26.2. The first-order valence-electron chi connectivity index (χ1n) is 8.35. The van der Waals surface area contributed by atoms with Crippen molar-refractivity contribution in [2.24, 2.45) is 0 Å². The number of rotatable bonds is 7. The molecule has 0 fully saturated rings. The number of hydrogen-bond acceptors (Lipinski definition) is 3. The average molecular weight is 339 g/mol. The van der Waals surface area contributed by atoms with Crippen LogP contribution in [-0.2, 0) is 22.4 Å². The number of para-hydroxylation sites is 1. The molecule has 2 amide bonds. The Bertz CT molecular complexity index is 714. The summed E-state index contributed by atoms with van der Waals surface area (Å²) in [5, 5.41) is 2.87. The van der Waals surface area contributed by atoms with Crippen molar-refractivity contribution < 1.29 is 9.59 Å². The Balaban J connectivity index is 1.99. The van der Waals surface area contributed by atoms with Crippen molar-refractivity contribution in [1.82, 2.24) is 10.2 Å². The Hall–Kier alpha value is -2.82. The predicted molar refractivity (Wildman–Crippen MR) is 99.9 cm³/mol. The van der Waals surface area contributed by atoms with Gasteiger partial charge in [-0.2, -0.15) is 0 Å². The third-order valence-electron chi connectivity index (χ3n) is 4.03. The summed E-state index contributed by atoms with van der Waals surface area (Å²) < 4.78 is 0. The molecular formula is C20H25N3O2. The number of nitrogens with one attached hydrogen (secondary N) is 1. The summed E-state index contributed by atoms with van der Waals surface area (Å²) in [6.45, 7) is 0. The zero-order chi connectivity index (χ0) is 18.2. The lowest BCUT2D eigenvalue weighted by Crippen LogP contribution is -2.47. The molecule has 2 aromatic rings. The lowest BCUT2D eigenvalue weighted by atomic mass is 10.0. The zero-order valence-electron chi connectivity index (χ0n) is 14.7. The molecule has 1 atom stereocenters. The maximum Gasteiger partial charge on any atom is 0.244 e. The van der Waals surface area contributed by atoms with Crippen molar-refractivity contribution in [3.8, 4) is 0 Å². The van der Waals surface area contributed by atoms with Gasteiger partial charge in [0.15, 0.2) is 0 Å². The van der Waals surface area contributed by atoms with E-state index in [1.807, 2.05) is 54.6 Å². The highest BCUT2D eigenvalue weighted by Gasteiger charge is 2.22. The molecule has 0 bridgehead atoms. The number of nitrogen functional groups attached to an aromatic ring is 1. The van der Waals surface area contributed by atoms with Crippen LogP contribution in [0.25, 0.3) is 0 Å². The summed E-state index contributed by atoms with van der Waals surface area (Å²) >= 11 is 0. The van der Waals surface area contributed by atoms with E-state index in [-0.39, 0.29) is 11.8 Å². The molecular weight excluding hydrogens is 314 g/mol. The van der Waals surface area contributed by atoms with Crippen molar-refractivity contribution in [3.63, 3.8) is 0 Å². The van der Waals surface area contributed by atoms with E-state index in [4.69, 9.17) is 5.73 Å². The maximum atomic E-state index is 12.4. The fourth-order valence-electron chi connectivity index (χ4n) is 2.64. The van der Waals surface area contributed by atoms with Gasteiger partial charge in [-0.3, -0.25) is 9.59 Å². The molecule has 0 aliphatic heterocycles.